The molecule has 0 bridgehead atoms. The Bertz CT molecular complexity index is 425. The van der Waals surface area contributed by atoms with Crippen molar-refractivity contribution in [1.82, 2.24) is 10.6 Å². The molecule has 2 N–H and O–H groups in total. The molecule has 1 amide bonds. The summed E-state index contributed by atoms with van der Waals surface area (Å²) in [5.41, 5.74) is 2.43. The molecule has 1 aliphatic rings. The monoisotopic (exact) mass is 260 g/mol. The van der Waals surface area contributed by atoms with Crippen molar-refractivity contribution in [3.63, 3.8) is 0 Å². The maximum Gasteiger partial charge on any atom is 0.222 e. The lowest BCUT2D eigenvalue weighted by molar-refractivity contribution is -0.122. The van der Waals surface area contributed by atoms with Crippen molar-refractivity contribution in [2.75, 3.05) is 6.54 Å². The van der Waals surface area contributed by atoms with Crippen molar-refractivity contribution >= 4 is 5.91 Å². The molecular weight excluding hydrogens is 236 g/mol. The number of hydrogen-bond donors (Lipinski definition) is 2. The fourth-order valence-electron chi connectivity index (χ4n) is 2.77. The van der Waals surface area contributed by atoms with Gasteiger partial charge in [-0.25, -0.2) is 0 Å². The zero-order valence-electron chi connectivity index (χ0n) is 11.9. The summed E-state index contributed by atoms with van der Waals surface area (Å²) >= 11 is 0. The van der Waals surface area contributed by atoms with Crippen LogP contribution in [0.5, 0.6) is 0 Å². The van der Waals surface area contributed by atoms with Gasteiger partial charge in [-0.15, -0.1) is 0 Å². The summed E-state index contributed by atoms with van der Waals surface area (Å²) in [6.45, 7) is 5.18. The second kappa shape index (κ2) is 6.71. The van der Waals surface area contributed by atoms with Crippen LogP contribution in [0.1, 0.15) is 49.8 Å². The van der Waals surface area contributed by atoms with Gasteiger partial charge in [-0.3, -0.25) is 4.79 Å². The van der Waals surface area contributed by atoms with E-state index in [0.717, 1.165) is 13.0 Å². The average molecular weight is 260 g/mol. The van der Waals surface area contributed by atoms with Gasteiger partial charge in [0.05, 0.1) is 6.04 Å². The van der Waals surface area contributed by atoms with E-state index in [1.54, 1.807) is 0 Å². The molecule has 2 atom stereocenters. The quantitative estimate of drug-likeness (QED) is 0.874. The maximum absolute atomic E-state index is 12.1. The number of carbonyl (C=O) groups is 1. The van der Waals surface area contributed by atoms with Crippen LogP contribution < -0.4 is 10.6 Å². The first kappa shape index (κ1) is 14.1. The summed E-state index contributed by atoms with van der Waals surface area (Å²) in [7, 11) is 0. The Morgan fingerprint density at radius 2 is 2.21 bits per heavy atom. The fraction of sp³-hybridized carbons (Fsp3) is 0.562. The van der Waals surface area contributed by atoms with Gasteiger partial charge >= 0.3 is 0 Å². The van der Waals surface area contributed by atoms with E-state index in [1.807, 2.05) is 12.1 Å². The first-order chi connectivity index (χ1) is 9.16. The van der Waals surface area contributed by atoms with Gasteiger partial charge in [0.1, 0.15) is 0 Å². The Kier molecular flexibility index (Phi) is 4.97. The Balaban J connectivity index is 1.86. The van der Waals surface area contributed by atoms with Crippen molar-refractivity contribution in [3.8, 4) is 0 Å². The predicted molar refractivity (Wildman–Crippen MR) is 78.0 cm³/mol. The lowest BCUT2D eigenvalue weighted by atomic mass is 10.00. The van der Waals surface area contributed by atoms with E-state index in [-0.39, 0.29) is 11.9 Å². The molecule has 1 aliphatic heterocycles. The molecule has 1 aromatic carbocycles. The number of benzene rings is 1. The van der Waals surface area contributed by atoms with Gasteiger partial charge in [-0.2, -0.15) is 0 Å². The molecule has 1 fully saturated rings. The van der Waals surface area contributed by atoms with Crippen LogP contribution in [0.4, 0.5) is 0 Å². The van der Waals surface area contributed by atoms with Crippen LogP contribution in [0.15, 0.2) is 24.3 Å². The third-order valence-corrected chi connectivity index (χ3v) is 3.88. The van der Waals surface area contributed by atoms with Gasteiger partial charge in [0.25, 0.3) is 0 Å². The molecule has 0 aliphatic carbocycles. The first-order valence-electron chi connectivity index (χ1n) is 7.25. The molecule has 1 heterocycles. The largest absolute Gasteiger partial charge is 0.350 e. The highest BCUT2D eigenvalue weighted by Crippen LogP contribution is 2.17. The minimum absolute atomic E-state index is 0.0808. The Labute approximate surface area is 115 Å². The lowest BCUT2D eigenvalue weighted by Gasteiger charge is -2.24. The molecular formula is C16H24N2O. The topological polar surface area (TPSA) is 41.1 Å². The van der Waals surface area contributed by atoms with Gasteiger partial charge in [-0.1, -0.05) is 30.7 Å². The van der Waals surface area contributed by atoms with Crippen molar-refractivity contribution in [2.45, 2.75) is 51.6 Å². The Morgan fingerprint density at radius 3 is 2.89 bits per heavy atom. The number of hydrogen-bond acceptors (Lipinski definition) is 2. The van der Waals surface area contributed by atoms with Crippen LogP contribution in [0.25, 0.3) is 0 Å². The van der Waals surface area contributed by atoms with Crippen LogP contribution in [0.2, 0.25) is 0 Å². The highest BCUT2D eigenvalue weighted by Gasteiger charge is 2.18. The highest BCUT2D eigenvalue weighted by molar-refractivity contribution is 5.77. The van der Waals surface area contributed by atoms with Crippen molar-refractivity contribution in [2.24, 2.45) is 0 Å². The molecule has 3 nitrogen and oxygen atoms in total. The van der Waals surface area contributed by atoms with Crippen molar-refractivity contribution < 1.29 is 4.79 Å². The summed E-state index contributed by atoms with van der Waals surface area (Å²) in [5.74, 6) is 0.148. The van der Waals surface area contributed by atoms with E-state index in [2.05, 4.69) is 36.6 Å². The molecule has 0 aromatic heterocycles. The number of carbonyl (C=O) groups excluding carboxylic acids is 1. The summed E-state index contributed by atoms with van der Waals surface area (Å²) in [5, 5.41) is 6.52. The Hall–Kier alpha value is -1.35. The molecule has 0 spiro atoms. The minimum atomic E-state index is 0.0808. The molecule has 19 heavy (non-hydrogen) atoms. The normalized spacial score (nSPS) is 20.8. The molecule has 0 radical (unpaired) electrons. The van der Waals surface area contributed by atoms with Crippen molar-refractivity contribution in [1.29, 1.82) is 0 Å². The first-order valence-corrected chi connectivity index (χ1v) is 7.25. The summed E-state index contributed by atoms with van der Waals surface area (Å²) < 4.78 is 0. The predicted octanol–water partition coefficient (Wildman–Crippen LogP) is 2.70. The summed E-state index contributed by atoms with van der Waals surface area (Å²) in [4.78, 5) is 12.1. The smallest absolute Gasteiger partial charge is 0.222 e. The zero-order valence-corrected chi connectivity index (χ0v) is 11.9. The van der Waals surface area contributed by atoms with E-state index in [1.165, 1.54) is 24.0 Å². The maximum atomic E-state index is 12.1. The van der Waals surface area contributed by atoms with E-state index >= 15 is 0 Å². The van der Waals surface area contributed by atoms with Gasteiger partial charge in [0.2, 0.25) is 5.91 Å². The minimum Gasteiger partial charge on any atom is -0.350 e. The third kappa shape index (κ3) is 4.06. The molecule has 3 heteroatoms. The number of piperidine rings is 1. The number of nitrogens with one attached hydrogen (secondary N) is 2. The number of amides is 1. The summed E-state index contributed by atoms with van der Waals surface area (Å²) in [6, 6.07) is 8.66. The van der Waals surface area contributed by atoms with Crippen molar-refractivity contribution in [3.05, 3.63) is 35.4 Å². The van der Waals surface area contributed by atoms with Crippen LogP contribution >= 0.6 is 0 Å². The lowest BCUT2D eigenvalue weighted by Crippen LogP contribution is -2.39. The number of rotatable bonds is 4. The van der Waals surface area contributed by atoms with E-state index in [4.69, 9.17) is 0 Å². The third-order valence-electron chi connectivity index (χ3n) is 3.88. The van der Waals surface area contributed by atoms with Crippen LogP contribution in [0, 0.1) is 6.92 Å². The standard InChI is InChI=1S/C16H24N2O/c1-12-7-3-4-9-15(12)13(2)18-16(19)11-14-8-5-6-10-17-14/h3-4,7,9,13-14,17H,5-6,8,10-11H2,1-2H3,(H,18,19). The van der Waals surface area contributed by atoms with Crippen LogP contribution in [-0.2, 0) is 4.79 Å². The molecule has 1 aromatic rings. The molecule has 2 unspecified atom stereocenters. The molecule has 1 saturated heterocycles. The molecule has 104 valence electrons. The molecule has 0 saturated carbocycles. The van der Waals surface area contributed by atoms with Gasteiger partial charge in [-0.05, 0) is 44.4 Å². The second-order valence-electron chi connectivity index (χ2n) is 5.50. The molecule has 2 rings (SSSR count). The van der Waals surface area contributed by atoms with Crippen LogP contribution in [0.3, 0.4) is 0 Å². The Morgan fingerprint density at radius 1 is 1.42 bits per heavy atom. The van der Waals surface area contributed by atoms with Gasteiger partial charge in [0, 0.05) is 12.5 Å². The van der Waals surface area contributed by atoms with E-state index in [0.29, 0.717) is 12.5 Å². The number of aryl methyl sites for hydroxylation is 1. The average Bonchev–Trinajstić information content (AvgIpc) is 2.40. The highest BCUT2D eigenvalue weighted by atomic mass is 16.1. The van der Waals surface area contributed by atoms with Crippen LogP contribution in [-0.4, -0.2) is 18.5 Å². The van der Waals surface area contributed by atoms with Gasteiger partial charge in [0.15, 0.2) is 0 Å². The summed E-state index contributed by atoms with van der Waals surface area (Å²) in [6.07, 6.45) is 4.18. The van der Waals surface area contributed by atoms with Gasteiger partial charge < -0.3 is 10.6 Å². The van der Waals surface area contributed by atoms with E-state index < -0.39 is 0 Å². The zero-order chi connectivity index (χ0) is 13.7. The fourth-order valence-corrected chi connectivity index (χ4v) is 2.77. The SMILES string of the molecule is Cc1ccccc1C(C)NC(=O)CC1CCCCN1. The van der Waals surface area contributed by atoms with E-state index in [9.17, 15) is 4.79 Å². The second-order valence-corrected chi connectivity index (χ2v) is 5.50.